The summed E-state index contributed by atoms with van der Waals surface area (Å²) in [4.78, 5) is 19.3. The zero-order valence-electron chi connectivity index (χ0n) is 12.9. The van der Waals surface area contributed by atoms with Crippen LogP contribution in [0, 0.1) is 12.8 Å². The average Bonchev–Trinajstić information content (AvgIpc) is 3.24. The number of hydrogen-bond donors (Lipinski definition) is 0. The van der Waals surface area contributed by atoms with Gasteiger partial charge in [0, 0.05) is 17.6 Å². The average molecular weight is 308 g/mol. The molecule has 3 rings (SSSR count). The number of aromatic nitrogens is 1. The number of hydrogen-bond acceptors (Lipinski definition) is 4. The lowest BCUT2D eigenvalue weighted by atomic mass is 10.0. The maximum atomic E-state index is 12.7. The summed E-state index contributed by atoms with van der Waals surface area (Å²) in [5.41, 5.74) is 1.05. The summed E-state index contributed by atoms with van der Waals surface area (Å²) >= 11 is 1.67. The molecule has 2 aliphatic rings. The molecule has 116 valence electrons. The molecule has 21 heavy (non-hydrogen) atoms. The molecule has 0 N–H and O–H groups in total. The molecule has 1 aliphatic carbocycles. The van der Waals surface area contributed by atoms with Crippen molar-refractivity contribution < 1.29 is 9.53 Å². The summed E-state index contributed by atoms with van der Waals surface area (Å²) in [5, 5.41) is 3.15. The number of carbonyl (C=O) groups is 1. The predicted octanol–water partition coefficient (Wildman–Crippen LogP) is 3.32. The molecule has 0 bridgehead atoms. The van der Waals surface area contributed by atoms with Crippen LogP contribution >= 0.6 is 11.3 Å². The van der Waals surface area contributed by atoms with Crippen molar-refractivity contribution in [2.75, 3.05) is 13.2 Å². The van der Waals surface area contributed by atoms with Crippen LogP contribution in [0.25, 0.3) is 0 Å². The van der Waals surface area contributed by atoms with E-state index in [0.717, 1.165) is 36.7 Å². The molecule has 2 unspecified atom stereocenters. The van der Waals surface area contributed by atoms with Gasteiger partial charge in [0.25, 0.3) is 5.91 Å². The predicted molar refractivity (Wildman–Crippen MR) is 83.3 cm³/mol. The van der Waals surface area contributed by atoms with Crippen LogP contribution in [0.2, 0.25) is 0 Å². The molecule has 0 aromatic carbocycles. The van der Waals surface area contributed by atoms with Gasteiger partial charge in [0.2, 0.25) is 0 Å². The molecule has 2 heterocycles. The molecule has 1 aliphatic heterocycles. The fraction of sp³-hybridized carbons (Fsp3) is 0.750. The standard InChI is InChI=1S/C16H24N2O2S/c1-11-10-21-15(17-11)14-5-3-4-8-18(14)16(19)12(2)20-9-13-6-7-13/h10,12-14H,3-9H2,1-2H3. The Morgan fingerprint density at radius 2 is 2.29 bits per heavy atom. The molecule has 5 heteroatoms. The lowest BCUT2D eigenvalue weighted by molar-refractivity contribution is -0.147. The van der Waals surface area contributed by atoms with E-state index in [1.807, 2.05) is 18.7 Å². The summed E-state index contributed by atoms with van der Waals surface area (Å²) in [6, 6.07) is 0.150. The van der Waals surface area contributed by atoms with Crippen molar-refractivity contribution in [3.63, 3.8) is 0 Å². The zero-order valence-corrected chi connectivity index (χ0v) is 13.7. The zero-order chi connectivity index (χ0) is 14.8. The van der Waals surface area contributed by atoms with Crippen LogP contribution < -0.4 is 0 Å². The van der Waals surface area contributed by atoms with Crippen LogP contribution in [-0.2, 0) is 9.53 Å². The molecular formula is C16H24N2O2S. The van der Waals surface area contributed by atoms with Gasteiger partial charge in [-0.05, 0) is 51.9 Å². The van der Waals surface area contributed by atoms with E-state index in [2.05, 4.69) is 10.4 Å². The van der Waals surface area contributed by atoms with Crippen LogP contribution in [0.4, 0.5) is 0 Å². The summed E-state index contributed by atoms with van der Waals surface area (Å²) < 4.78 is 5.76. The summed E-state index contributed by atoms with van der Waals surface area (Å²) in [6.45, 7) is 5.47. The highest BCUT2D eigenvalue weighted by Gasteiger charge is 2.33. The minimum atomic E-state index is -0.327. The Labute approximate surface area is 130 Å². The summed E-state index contributed by atoms with van der Waals surface area (Å²) in [6.07, 6.45) is 5.46. The Balaban J connectivity index is 1.66. The Morgan fingerprint density at radius 3 is 2.95 bits per heavy atom. The fourth-order valence-electron chi connectivity index (χ4n) is 2.85. The normalized spacial score (nSPS) is 24.1. The van der Waals surface area contributed by atoms with Gasteiger partial charge < -0.3 is 9.64 Å². The lowest BCUT2D eigenvalue weighted by Crippen LogP contribution is -2.44. The third-order valence-electron chi connectivity index (χ3n) is 4.33. The van der Waals surface area contributed by atoms with Gasteiger partial charge >= 0.3 is 0 Å². The lowest BCUT2D eigenvalue weighted by Gasteiger charge is -2.36. The maximum absolute atomic E-state index is 12.7. The van der Waals surface area contributed by atoms with Crippen molar-refractivity contribution in [3.8, 4) is 0 Å². The number of thiazole rings is 1. The second-order valence-electron chi connectivity index (χ2n) is 6.29. The van der Waals surface area contributed by atoms with Gasteiger partial charge in [0.1, 0.15) is 11.1 Å². The molecule has 1 amide bonds. The number of nitrogens with zero attached hydrogens (tertiary/aromatic N) is 2. The first-order valence-electron chi connectivity index (χ1n) is 7.99. The summed E-state index contributed by atoms with van der Waals surface area (Å²) in [5.74, 6) is 0.826. The fourth-order valence-corrected chi connectivity index (χ4v) is 3.79. The highest BCUT2D eigenvalue weighted by molar-refractivity contribution is 7.09. The number of aryl methyl sites for hydroxylation is 1. The molecular weight excluding hydrogens is 284 g/mol. The number of ether oxygens (including phenoxy) is 1. The van der Waals surface area contributed by atoms with Gasteiger partial charge in [-0.15, -0.1) is 11.3 Å². The first-order chi connectivity index (χ1) is 10.1. The van der Waals surface area contributed by atoms with Gasteiger partial charge in [0.05, 0.1) is 12.6 Å². The van der Waals surface area contributed by atoms with E-state index >= 15 is 0 Å². The summed E-state index contributed by atoms with van der Waals surface area (Å²) in [7, 11) is 0. The largest absolute Gasteiger partial charge is 0.368 e. The SMILES string of the molecule is Cc1csc(C2CCCCN2C(=O)C(C)OCC2CC2)n1. The van der Waals surface area contributed by atoms with Crippen molar-refractivity contribution in [1.82, 2.24) is 9.88 Å². The molecule has 1 saturated carbocycles. The molecule has 1 aromatic rings. The molecule has 4 nitrogen and oxygen atoms in total. The van der Waals surface area contributed by atoms with E-state index in [1.54, 1.807) is 11.3 Å². The van der Waals surface area contributed by atoms with Crippen molar-refractivity contribution in [3.05, 3.63) is 16.1 Å². The van der Waals surface area contributed by atoms with E-state index in [1.165, 1.54) is 19.3 Å². The maximum Gasteiger partial charge on any atom is 0.252 e. The minimum Gasteiger partial charge on any atom is -0.368 e. The van der Waals surface area contributed by atoms with Gasteiger partial charge in [0.15, 0.2) is 0 Å². The number of likely N-dealkylation sites (tertiary alicyclic amines) is 1. The highest BCUT2D eigenvalue weighted by Crippen LogP contribution is 2.34. The van der Waals surface area contributed by atoms with Gasteiger partial charge in [-0.1, -0.05) is 0 Å². The molecule has 0 radical (unpaired) electrons. The third kappa shape index (κ3) is 3.64. The minimum absolute atomic E-state index is 0.133. The first-order valence-corrected chi connectivity index (χ1v) is 8.87. The van der Waals surface area contributed by atoms with E-state index < -0.39 is 0 Å². The van der Waals surface area contributed by atoms with Crippen LogP contribution in [-0.4, -0.2) is 35.0 Å². The van der Waals surface area contributed by atoms with Crippen LogP contribution in [0.1, 0.15) is 55.8 Å². The topological polar surface area (TPSA) is 42.4 Å². The number of amides is 1. The smallest absolute Gasteiger partial charge is 0.252 e. The molecule has 0 spiro atoms. The highest BCUT2D eigenvalue weighted by atomic mass is 32.1. The molecule has 2 fully saturated rings. The third-order valence-corrected chi connectivity index (χ3v) is 5.40. The Morgan fingerprint density at radius 1 is 1.48 bits per heavy atom. The molecule has 2 atom stereocenters. The van der Waals surface area contributed by atoms with Crippen molar-refractivity contribution in [2.45, 2.75) is 58.1 Å². The quantitative estimate of drug-likeness (QED) is 0.838. The second kappa shape index (κ2) is 6.44. The van der Waals surface area contributed by atoms with Gasteiger partial charge in [-0.3, -0.25) is 4.79 Å². The number of rotatable bonds is 5. The second-order valence-corrected chi connectivity index (χ2v) is 7.18. The van der Waals surface area contributed by atoms with Gasteiger partial charge in [-0.2, -0.15) is 0 Å². The number of piperidine rings is 1. The van der Waals surface area contributed by atoms with Crippen molar-refractivity contribution in [1.29, 1.82) is 0 Å². The monoisotopic (exact) mass is 308 g/mol. The first kappa shape index (κ1) is 15.0. The van der Waals surface area contributed by atoms with Crippen LogP contribution in [0.5, 0.6) is 0 Å². The van der Waals surface area contributed by atoms with Crippen LogP contribution in [0.15, 0.2) is 5.38 Å². The van der Waals surface area contributed by atoms with Crippen molar-refractivity contribution >= 4 is 17.2 Å². The van der Waals surface area contributed by atoms with Crippen molar-refractivity contribution in [2.24, 2.45) is 5.92 Å². The van der Waals surface area contributed by atoms with E-state index in [0.29, 0.717) is 5.92 Å². The van der Waals surface area contributed by atoms with E-state index in [4.69, 9.17) is 4.74 Å². The molecule has 1 saturated heterocycles. The molecule has 1 aromatic heterocycles. The Bertz CT molecular complexity index is 498. The van der Waals surface area contributed by atoms with E-state index in [9.17, 15) is 4.79 Å². The van der Waals surface area contributed by atoms with E-state index in [-0.39, 0.29) is 18.1 Å². The van der Waals surface area contributed by atoms with Gasteiger partial charge in [-0.25, -0.2) is 4.98 Å². The van der Waals surface area contributed by atoms with Crippen LogP contribution in [0.3, 0.4) is 0 Å². The Hall–Kier alpha value is -0.940. The number of carbonyl (C=O) groups excluding carboxylic acids is 1. The Kier molecular flexibility index (Phi) is 4.60.